The molecule has 0 unspecified atom stereocenters. The van der Waals surface area contributed by atoms with Gasteiger partial charge in [0.2, 0.25) is 0 Å². The van der Waals surface area contributed by atoms with E-state index in [0.29, 0.717) is 0 Å². The topological polar surface area (TPSA) is 12.0 Å². The fourth-order valence-corrected chi connectivity index (χ4v) is 2.44. The van der Waals surface area contributed by atoms with Crippen LogP contribution in [0.1, 0.15) is 58.3 Å². The summed E-state index contributed by atoms with van der Waals surface area (Å²) in [5.74, 6) is 2.29. The molecule has 0 aliphatic rings. The third-order valence-electron chi connectivity index (χ3n) is 2.87. The van der Waals surface area contributed by atoms with Crippen LogP contribution in [-0.4, -0.2) is 24.6 Å². The minimum atomic E-state index is 1.08. The lowest BCUT2D eigenvalue weighted by Crippen LogP contribution is -2.18. The van der Waals surface area contributed by atoms with E-state index in [4.69, 9.17) is 0 Å². The lowest BCUT2D eigenvalue weighted by molar-refractivity contribution is 0.560. The van der Waals surface area contributed by atoms with Gasteiger partial charge in [-0.3, -0.25) is 0 Å². The second-order valence-electron chi connectivity index (χ2n) is 4.59. The molecule has 0 saturated carbocycles. The number of hydrogen-bond acceptors (Lipinski definition) is 2. The van der Waals surface area contributed by atoms with Crippen molar-refractivity contribution in [2.75, 3.05) is 24.6 Å². The summed E-state index contributed by atoms with van der Waals surface area (Å²) in [5, 5.41) is 3.50. The second kappa shape index (κ2) is 16.1. The number of hydrogen-bond donors (Lipinski definition) is 1. The molecule has 0 spiro atoms. The Kier molecular flexibility index (Phi) is 16.1. The van der Waals surface area contributed by atoms with Crippen LogP contribution in [-0.2, 0) is 0 Å². The van der Waals surface area contributed by atoms with Crippen molar-refractivity contribution in [1.82, 2.24) is 5.32 Å². The van der Waals surface area contributed by atoms with Gasteiger partial charge in [0.1, 0.15) is 0 Å². The Balaban J connectivity index is 2.87. The number of nitrogens with one attached hydrogen (secondary N) is 1. The first-order chi connectivity index (χ1) is 8.41. The van der Waals surface area contributed by atoms with Gasteiger partial charge >= 0.3 is 0 Å². The first-order valence-electron chi connectivity index (χ1n) is 7.31. The van der Waals surface area contributed by atoms with Gasteiger partial charge in [-0.05, 0) is 13.0 Å². The number of thioether (sulfide) groups is 1. The van der Waals surface area contributed by atoms with Crippen molar-refractivity contribution in [3.63, 3.8) is 0 Å². The van der Waals surface area contributed by atoms with E-state index in [1.54, 1.807) is 0 Å². The highest BCUT2D eigenvalue weighted by molar-refractivity contribution is 7.99. The standard InChI is InChI=1S/C15H31NS/c1-3-5-6-7-8-9-10-11-12-16-13-15-17-14-4-2/h4,16H,2-3,5-15H2,1H3. The lowest BCUT2D eigenvalue weighted by atomic mass is 10.1. The maximum Gasteiger partial charge on any atom is 0.0111 e. The minimum absolute atomic E-state index is 1.08. The number of unbranched alkanes of at least 4 members (excludes halogenated alkanes) is 7. The van der Waals surface area contributed by atoms with Crippen LogP contribution in [0.25, 0.3) is 0 Å². The van der Waals surface area contributed by atoms with E-state index in [0.717, 1.165) is 12.3 Å². The molecule has 102 valence electrons. The van der Waals surface area contributed by atoms with Gasteiger partial charge in [-0.25, -0.2) is 0 Å². The first-order valence-corrected chi connectivity index (χ1v) is 8.46. The smallest absolute Gasteiger partial charge is 0.0111 e. The van der Waals surface area contributed by atoms with Gasteiger partial charge in [-0.15, -0.1) is 6.58 Å². The van der Waals surface area contributed by atoms with E-state index in [1.165, 1.54) is 63.7 Å². The zero-order valence-electron chi connectivity index (χ0n) is 11.7. The Labute approximate surface area is 113 Å². The predicted molar refractivity (Wildman–Crippen MR) is 83.0 cm³/mol. The van der Waals surface area contributed by atoms with Crippen molar-refractivity contribution in [2.24, 2.45) is 0 Å². The van der Waals surface area contributed by atoms with Crippen LogP contribution in [0.3, 0.4) is 0 Å². The third-order valence-corrected chi connectivity index (χ3v) is 3.83. The summed E-state index contributed by atoms with van der Waals surface area (Å²) in [5.41, 5.74) is 0. The average Bonchev–Trinajstić information content (AvgIpc) is 2.35. The maximum atomic E-state index is 3.71. The zero-order chi connectivity index (χ0) is 12.6. The van der Waals surface area contributed by atoms with Crippen molar-refractivity contribution in [3.05, 3.63) is 12.7 Å². The Morgan fingerprint density at radius 3 is 2.24 bits per heavy atom. The highest BCUT2D eigenvalue weighted by Gasteiger charge is 1.92. The normalized spacial score (nSPS) is 10.6. The van der Waals surface area contributed by atoms with E-state index < -0.39 is 0 Å². The van der Waals surface area contributed by atoms with E-state index in [1.807, 2.05) is 17.8 Å². The quantitative estimate of drug-likeness (QED) is 0.359. The Hall–Kier alpha value is 0.0500. The van der Waals surface area contributed by atoms with Crippen molar-refractivity contribution in [2.45, 2.75) is 58.3 Å². The second-order valence-corrected chi connectivity index (χ2v) is 5.74. The largest absolute Gasteiger partial charge is 0.316 e. The van der Waals surface area contributed by atoms with Gasteiger partial charge in [0.15, 0.2) is 0 Å². The van der Waals surface area contributed by atoms with Gasteiger partial charge in [-0.1, -0.05) is 57.9 Å². The van der Waals surface area contributed by atoms with Crippen LogP contribution < -0.4 is 5.32 Å². The Morgan fingerprint density at radius 1 is 0.941 bits per heavy atom. The molecule has 0 heterocycles. The molecule has 17 heavy (non-hydrogen) atoms. The molecule has 0 aromatic rings. The molecule has 1 nitrogen and oxygen atoms in total. The van der Waals surface area contributed by atoms with Crippen LogP contribution in [0, 0.1) is 0 Å². The van der Waals surface area contributed by atoms with Gasteiger partial charge in [0.05, 0.1) is 0 Å². The van der Waals surface area contributed by atoms with Crippen LogP contribution in [0.5, 0.6) is 0 Å². The van der Waals surface area contributed by atoms with Crippen molar-refractivity contribution >= 4 is 11.8 Å². The summed E-state index contributed by atoms with van der Waals surface area (Å²) in [6.07, 6.45) is 13.3. The summed E-state index contributed by atoms with van der Waals surface area (Å²) < 4.78 is 0. The molecule has 0 rings (SSSR count). The van der Waals surface area contributed by atoms with Gasteiger partial charge < -0.3 is 5.32 Å². The molecule has 1 N–H and O–H groups in total. The van der Waals surface area contributed by atoms with Crippen molar-refractivity contribution < 1.29 is 0 Å². The molecule has 0 fully saturated rings. The van der Waals surface area contributed by atoms with Gasteiger partial charge in [0, 0.05) is 18.1 Å². The minimum Gasteiger partial charge on any atom is -0.316 e. The van der Waals surface area contributed by atoms with Crippen LogP contribution in [0.15, 0.2) is 12.7 Å². The molecule has 0 aromatic heterocycles. The van der Waals surface area contributed by atoms with Gasteiger partial charge in [0.25, 0.3) is 0 Å². The summed E-state index contributed by atoms with van der Waals surface area (Å²) >= 11 is 1.95. The average molecular weight is 257 g/mol. The van der Waals surface area contributed by atoms with E-state index in [-0.39, 0.29) is 0 Å². The molecule has 0 aliphatic carbocycles. The molecule has 0 atom stereocenters. The van der Waals surface area contributed by atoms with Crippen molar-refractivity contribution in [3.8, 4) is 0 Å². The SMILES string of the molecule is C=CCSCCNCCCCCCCCCC. The first kappa shape index (κ1) is 17.1. The maximum absolute atomic E-state index is 3.71. The Morgan fingerprint density at radius 2 is 1.59 bits per heavy atom. The predicted octanol–water partition coefficient (Wildman–Crippen LogP) is 4.64. The van der Waals surface area contributed by atoms with E-state index in [2.05, 4.69) is 18.8 Å². The molecule has 0 bridgehead atoms. The van der Waals surface area contributed by atoms with Crippen molar-refractivity contribution in [1.29, 1.82) is 0 Å². The fourth-order valence-electron chi connectivity index (χ4n) is 1.82. The molecular weight excluding hydrogens is 226 g/mol. The summed E-state index contributed by atoms with van der Waals surface area (Å²) in [7, 11) is 0. The molecule has 0 aromatic carbocycles. The monoisotopic (exact) mass is 257 g/mol. The van der Waals surface area contributed by atoms with E-state index >= 15 is 0 Å². The highest BCUT2D eigenvalue weighted by Crippen LogP contribution is 2.07. The van der Waals surface area contributed by atoms with E-state index in [9.17, 15) is 0 Å². The molecule has 0 radical (unpaired) electrons. The lowest BCUT2D eigenvalue weighted by Gasteiger charge is -2.04. The molecular formula is C15H31NS. The fraction of sp³-hybridized carbons (Fsp3) is 0.867. The summed E-state index contributed by atoms with van der Waals surface area (Å²) in [6, 6.07) is 0. The highest BCUT2D eigenvalue weighted by atomic mass is 32.2. The molecule has 2 heteroatoms. The zero-order valence-corrected chi connectivity index (χ0v) is 12.5. The van der Waals surface area contributed by atoms with Gasteiger partial charge in [-0.2, -0.15) is 11.8 Å². The number of rotatable bonds is 14. The molecule has 0 aliphatic heterocycles. The molecule has 0 saturated heterocycles. The summed E-state index contributed by atoms with van der Waals surface area (Å²) in [4.78, 5) is 0. The summed E-state index contributed by atoms with van der Waals surface area (Å²) in [6.45, 7) is 8.34. The van der Waals surface area contributed by atoms with Crippen LogP contribution in [0.2, 0.25) is 0 Å². The molecule has 0 amide bonds. The van der Waals surface area contributed by atoms with Crippen LogP contribution in [0.4, 0.5) is 0 Å². The third kappa shape index (κ3) is 16.1. The van der Waals surface area contributed by atoms with Crippen LogP contribution >= 0.6 is 11.8 Å². The Bertz CT molecular complexity index is 148.